The number of carbonyl (C=O) groups is 1. The fourth-order valence-corrected chi connectivity index (χ4v) is 4.14. The zero-order chi connectivity index (χ0) is 25.3. The van der Waals surface area contributed by atoms with Gasteiger partial charge < -0.3 is 15.2 Å². The van der Waals surface area contributed by atoms with Crippen molar-refractivity contribution in [2.24, 2.45) is 5.73 Å². The van der Waals surface area contributed by atoms with Gasteiger partial charge in [0, 0.05) is 19.1 Å². The zero-order valence-corrected chi connectivity index (χ0v) is 19.3. The number of rotatable bonds is 6. The van der Waals surface area contributed by atoms with Crippen LogP contribution in [0.1, 0.15) is 37.0 Å². The molecular formula is C26H25F3N2O3. The molecule has 2 aromatic carbocycles. The van der Waals surface area contributed by atoms with Crippen molar-refractivity contribution in [3.05, 3.63) is 82.6 Å². The van der Waals surface area contributed by atoms with Gasteiger partial charge in [0.1, 0.15) is 5.76 Å². The van der Waals surface area contributed by atoms with Gasteiger partial charge in [-0.1, -0.05) is 24.3 Å². The van der Waals surface area contributed by atoms with Crippen LogP contribution >= 0.6 is 0 Å². The molecule has 2 N–H and O–H groups in total. The van der Waals surface area contributed by atoms with Gasteiger partial charge in [-0.15, -0.1) is 0 Å². The highest BCUT2D eigenvalue weighted by atomic mass is 19.4. The van der Waals surface area contributed by atoms with Gasteiger partial charge in [-0.05, 0) is 66.5 Å². The molecule has 0 saturated carbocycles. The first kappa shape index (κ1) is 25.1. The number of nitrogens with two attached hydrogens (primary N) is 1. The Balaban J connectivity index is 2.25. The van der Waals surface area contributed by atoms with Crippen molar-refractivity contribution in [3.8, 4) is 17.2 Å². The normalized spacial score (nSPS) is 18.5. The number of methoxy groups -OCH3 is 2. The van der Waals surface area contributed by atoms with Crippen LogP contribution in [0.2, 0.25) is 0 Å². The summed E-state index contributed by atoms with van der Waals surface area (Å²) in [6, 6.07) is 12.3. The monoisotopic (exact) mass is 470 g/mol. The van der Waals surface area contributed by atoms with E-state index in [1.165, 1.54) is 26.4 Å². The number of nitriles is 1. The highest BCUT2D eigenvalue weighted by Gasteiger charge is 2.42. The van der Waals surface area contributed by atoms with Crippen LogP contribution in [0, 0.1) is 11.3 Å². The predicted octanol–water partition coefficient (Wildman–Crippen LogP) is 5.36. The van der Waals surface area contributed by atoms with Crippen molar-refractivity contribution in [3.63, 3.8) is 0 Å². The topological polar surface area (TPSA) is 85.3 Å². The summed E-state index contributed by atoms with van der Waals surface area (Å²) in [5, 5.41) is 9.75. The minimum absolute atomic E-state index is 0.103. The maximum Gasteiger partial charge on any atom is 0.416 e. The lowest BCUT2D eigenvalue weighted by Gasteiger charge is -2.37. The third-order valence-electron chi connectivity index (χ3n) is 6.12. The Labute approximate surface area is 196 Å². The first-order chi connectivity index (χ1) is 15.9. The molecule has 0 aliphatic heterocycles. The number of hydrogen-bond acceptors (Lipinski definition) is 4. The predicted molar refractivity (Wildman–Crippen MR) is 121 cm³/mol. The van der Waals surface area contributed by atoms with Crippen LogP contribution in [0.25, 0.3) is 11.1 Å². The Morgan fingerprint density at radius 3 is 2.24 bits per heavy atom. The van der Waals surface area contributed by atoms with Crippen molar-refractivity contribution in [2.75, 3.05) is 14.2 Å². The largest absolute Gasteiger partial charge is 0.498 e. The molecule has 1 aliphatic rings. The molecule has 1 amide bonds. The van der Waals surface area contributed by atoms with Crippen molar-refractivity contribution < 1.29 is 27.4 Å². The number of alkyl halides is 3. The smallest absolute Gasteiger partial charge is 0.416 e. The van der Waals surface area contributed by atoms with Crippen LogP contribution in [0.15, 0.2) is 65.9 Å². The number of carbonyl (C=O) groups excluding carboxylic acids is 1. The van der Waals surface area contributed by atoms with Crippen LogP contribution in [0.4, 0.5) is 13.2 Å². The van der Waals surface area contributed by atoms with E-state index >= 15 is 0 Å². The molecule has 0 aromatic heterocycles. The number of nitrogens with zero attached hydrogens (tertiary/aromatic N) is 1. The molecule has 2 aromatic rings. The zero-order valence-electron chi connectivity index (χ0n) is 19.3. The first-order valence-electron chi connectivity index (χ1n) is 10.4. The maximum absolute atomic E-state index is 13.1. The van der Waals surface area contributed by atoms with E-state index in [-0.39, 0.29) is 6.42 Å². The summed E-state index contributed by atoms with van der Waals surface area (Å²) in [6.45, 7) is 3.47. The van der Waals surface area contributed by atoms with Gasteiger partial charge in [0.25, 0.3) is 0 Å². The van der Waals surface area contributed by atoms with Crippen molar-refractivity contribution in [1.82, 2.24) is 0 Å². The molecule has 0 heterocycles. The molecular weight excluding hydrogens is 445 g/mol. The standard InChI is InChI=1S/C26H25F3N2O3/c1-24(2,15-30)21-11-10-19(13-20(21)16-5-8-18(9-6-16)26(27,28)29)25(34-4)14-17(23(31)32)7-12-22(25)33-3/h5-13H,14H2,1-4H3,(H2,31,32). The van der Waals surface area contributed by atoms with Crippen LogP contribution in [0.5, 0.6) is 0 Å². The van der Waals surface area contributed by atoms with Gasteiger partial charge in [0.2, 0.25) is 5.91 Å². The van der Waals surface area contributed by atoms with Gasteiger partial charge in [-0.25, -0.2) is 0 Å². The second kappa shape index (κ2) is 8.99. The van der Waals surface area contributed by atoms with E-state index in [2.05, 4.69) is 6.07 Å². The Bertz CT molecular complexity index is 1210. The van der Waals surface area contributed by atoms with E-state index in [1.54, 1.807) is 44.2 Å². The third kappa shape index (κ3) is 4.44. The van der Waals surface area contributed by atoms with Gasteiger partial charge in [-0.2, -0.15) is 18.4 Å². The number of ether oxygens (including phenoxy) is 2. The number of hydrogen-bond donors (Lipinski definition) is 1. The molecule has 0 bridgehead atoms. The number of benzene rings is 2. The van der Waals surface area contributed by atoms with Crippen LogP contribution in [0.3, 0.4) is 0 Å². The number of amides is 1. The lowest BCUT2D eigenvalue weighted by molar-refractivity contribution is -0.137. The Hall–Kier alpha value is -3.57. The molecule has 0 spiro atoms. The molecule has 34 heavy (non-hydrogen) atoms. The lowest BCUT2D eigenvalue weighted by atomic mass is 9.76. The number of halogens is 3. The van der Waals surface area contributed by atoms with E-state index in [1.807, 2.05) is 0 Å². The molecule has 0 saturated heterocycles. The van der Waals surface area contributed by atoms with E-state index in [4.69, 9.17) is 15.2 Å². The van der Waals surface area contributed by atoms with Crippen LogP contribution < -0.4 is 5.73 Å². The first-order valence-corrected chi connectivity index (χ1v) is 10.4. The molecule has 1 unspecified atom stereocenters. The summed E-state index contributed by atoms with van der Waals surface area (Å²) >= 11 is 0. The molecule has 178 valence electrons. The average Bonchev–Trinajstić information content (AvgIpc) is 2.82. The second-order valence-electron chi connectivity index (χ2n) is 8.57. The Kier molecular flexibility index (Phi) is 6.63. The van der Waals surface area contributed by atoms with Gasteiger partial charge >= 0.3 is 6.18 Å². The molecule has 0 radical (unpaired) electrons. The van der Waals surface area contributed by atoms with Gasteiger partial charge in [0.15, 0.2) is 5.60 Å². The minimum Gasteiger partial charge on any atom is -0.498 e. The summed E-state index contributed by atoms with van der Waals surface area (Å²) in [6.07, 6.45) is -1.18. The molecule has 1 aliphatic carbocycles. The number of allylic oxidation sites excluding steroid dienone is 2. The van der Waals surface area contributed by atoms with E-state index in [0.29, 0.717) is 33.6 Å². The quantitative estimate of drug-likeness (QED) is 0.616. The van der Waals surface area contributed by atoms with E-state index < -0.39 is 28.7 Å². The number of primary amides is 1. The van der Waals surface area contributed by atoms with E-state index in [9.17, 15) is 23.2 Å². The molecule has 8 heteroatoms. The molecule has 5 nitrogen and oxygen atoms in total. The maximum atomic E-state index is 13.1. The summed E-state index contributed by atoms with van der Waals surface area (Å²) in [5.74, 6) is -0.163. The minimum atomic E-state index is -4.47. The van der Waals surface area contributed by atoms with Crippen LogP contribution in [-0.4, -0.2) is 20.1 Å². The molecule has 0 fully saturated rings. The van der Waals surface area contributed by atoms with Crippen molar-refractivity contribution >= 4 is 5.91 Å². The van der Waals surface area contributed by atoms with Gasteiger partial charge in [0.05, 0.1) is 24.2 Å². The SMILES string of the molecule is COC1=CC=C(C(N)=O)CC1(OC)c1ccc(C(C)(C)C#N)c(-c2ccc(C(F)(F)F)cc2)c1. The van der Waals surface area contributed by atoms with Gasteiger partial charge in [-0.3, -0.25) is 4.79 Å². The van der Waals surface area contributed by atoms with E-state index in [0.717, 1.165) is 12.1 Å². The van der Waals surface area contributed by atoms with Crippen LogP contribution in [-0.2, 0) is 31.5 Å². The molecule has 1 atom stereocenters. The molecule has 3 rings (SSSR count). The van der Waals surface area contributed by atoms with Crippen molar-refractivity contribution in [1.29, 1.82) is 5.26 Å². The summed E-state index contributed by atoms with van der Waals surface area (Å²) < 4.78 is 50.8. The highest BCUT2D eigenvalue weighted by Crippen LogP contribution is 2.45. The second-order valence-corrected chi connectivity index (χ2v) is 8.57. The fraction of sp³-hybridized carbons (Fsp3) is 0.308. The third-order valence-corrected chi connectivity index (χ3v) is 6.12. The lowest BCUT2D eigenvalue weighted by Crippen LogP contribution is -2.36. The fourth-order valence-electron chi connectivity index (χ4n) is 4.14. The Morgan fingerprint density at radius 2 is 1.74 bits per heavy atom. The Morgan fingerprint density at radius 1 is 1.09 bits per heavy atom. The average molecular weight is 470 g/mol. The summed E-state index contributed by atoms with van der Waals surface area (Å²) in [5.41, 5.74) is 5.27. The van der Waals surface area contributed by atoms with Crippen molar-refractivity contribution in [2.45, 2.75) is 37.5 Å². The highest BCUT2D eigenvalue weighted by molar-refractivity contribution is 5.93. The summed E-state index contributed by atoms with van der Waals surface area (Å²) in [4.78, 5) is 11.9. The summed E-state index contributed by atoms with van der Waals surface area (Å²) in [7, 11) is 2.95.